The van der Waals surface area contributed by atoms with Gasteiger partial charge >= 0.3 is 0 Å². The van der Waals surface area contributed by atoms with Crippen LogP contribution in [-0.4, -0.2) is 11.8 Å². The van der Waals surface area contributed by atoms with E-state index in [4.69, 9.17) is 0 Å². The van der Waals surface area contributed by atoms with Gasteiger partial charge in [-0.05, 0) is 31.0 Å². The van der Waals surface area contributed by atoms with Crippen molar-refractivity contribution >= 4 is 11.5 Å². The van der Waals surface area contributed by atoms with Crippen LogP contribution in [0.2, 0.25) is 0 Å². The summed E-state index contributed by atoms with van der Waals surface area (Å²) in [5.74, 6) is 0.377. The van der Waals surface area contributed by atoms with Gasteiger partial charge in [0.2, 0.25) is 0 Å². The Kier molecular flexibility index (Phi) is 3.09. The quantitative estimate of drug-likeness (QED) is 0.881. The number of rotatable bonds is 2. The molecule has 0 aliphatic heterocycles. The van der Waals surface area contributed by atoms with Crippen molar-refractivity contribution in [3.8, 4) is 0 Å². The van der Waals surface area contributed by atoms with E-state index in [0.717, 1.165) is 27.9 Å². The molecule has 2 heteroatoms. The molecule has 1 atom stereocenters. The lowest BCUT2D eigenvalue weighted by Crippen LogP contribution is -2.21. The van der Waals surface area contributed by atoms with Crippen molar-refractivity contribution in [3.63, 3.8) is 0 Å². The fourth-order valence-corrected chi connectivity index (χ4v) is 3.05. The molecular weight excluding hydrogens is 246 g/mol. The Balaban J connectivity index is 2.20. The summed E-state index contributed by atoms with van der Waals surface area (Å²) in [5, 5.41) is 3.46. The average Bonchev–Trinajstić information content (AvgIpc) is 2.44. The average molecular weight is 265 g/mol. The van der Waals surface area contributed by atoms with Gasteiger partial charge in [-0.15, -0.1) is 0 Å². The van der Waals surface area contributed by atoms with Crippen molar-refractivity contribution in [1.82, 2.24) is 0 Å². The van der Waals surface area contributed by atoms with Crippen LogP contribution >= 0.6 is 0 Å². The number of ketones is 1. The second kappa shape index (κ2) is 4.78. The van der Waals surface area contributed by atoms with Crippen molar-refractivity contribution in [2.45, 2.75) is 32.7 Å². The van der Waals surface area contributed by atoms with Crippen LogP contribution in [0.15, 0.2) is 42.5 Å². The molecule has 2 aromatic rings. The van der Waals surface area contributed by atoms with Crippen molar-refractivity contribution in [2.75, 3.05) is 5.32 Å². The van der Waals surface area contributed by atoms with Gasteiger partial charge in [0.05, 0.1) is 0 Å². The Bertz CT molecular complexity index is 673. The first-order chi connectivity index (χ1) is 9.59. The smallest absolute Gasteiger partial charge is 0.193 e. The molecule has 0 spiro atoms. The third kappa shape index (κ3) is 1.92. The summed E-state index contributed by atoms with van der Waals surface area (Å²) in [6, 6.07) is 14.2. The molecule has 20 heavy (non-hydrogen) atoms. The fourth-order valence-electron chi connectivity index (χ4n) is 3.05. The van der Waals surface area contributed by atoms with Gasteiger partial charge < -0.3 is 5.32 Å². The molecule has 0 fully saturated rings. The van der Waals surface area contributed by atoms with E-state index < -0.39 is 0 Å². The number of hydrogen-bond donors (Lipinski definition) is 1. The first-order valence-corrected chi connectivity index (χ1v) is 7.12. The standard InChI is InChI=1S/C18H19NO/c1-11(2)19-16-10-6-9-15-17(16)12(3)13-7-4-5-8-14(13)18(15)20/h4-12,19H,1-3H3. The minimum atomic E-state index is 0.140. The van der Waals surface area contributed by atoms with Crippen LogP contribution < -0.4 is 5.32 Å². The van der Waals surface area contributed by atoms with Gasteiger partial charge in [0, 0.05) is 28.8 Å². The zero-order chi connectivity index (χ0) is 14.3. The lowest BCUT2D eigenvalue weighted by molar-refractivity contribution is 0.103. The van der Waals surface area contributed by atoms with E-state index in [-0.39, 0.29) is 11.7 Å². The number of nitrogens with one attached hydrogen (secondary N) is 1. The minimum absolute atomic E-state index is 0.140. The molecule has 1 unspecified atom stereocenters. The third-order valence-corrected chi connectivity index (χ3v) is 3.90. The molecule has 1 aliphatic carbocycles. The zero-order valence-electron chi connectivity index (χ0n) is 12.1. The minimum Gasteiger partial charge on any atom is -0.383 e. The Morgan fingerprint density at radius 1 is 1.00 bits per heavy atom. The van der Waals surface area contributed by atoms with Crippen molar-refractivity contribution < 1.29 is 4.79 Å². The first kappa shape index (κ1) is 12.9. The number of carbonyl (C=O) groups excluding carboxylic acids is 1. The molecule has 0 bridgehead atoms. The molecule has 0 saturated heterocycles. The molecule has 0 heterocycles. The van der Waals surface area contributed by atoms with Gasteiger partial charge in [-0.2, -0.15) is 0 Å². The third-order valence-electron chi connectivity index (χ3n) is 3.90. The van der Waals surface area contributed by atoms with Crippen LogP contribution in [0.1, 0.15) is 53.7 Å². The predicted octanol–water partition coefficient (Wildman–Crippen LogP) is 4.20. The molecule has 2 nitrogen and oxygen atoms in total. The molecule has 0 amide bonds. The molecule has 1 aliphatic rings. The number of benzene rings is 2. The highest BCUT2D eigenvalue weighted by molar-refractivity contribution is 6.13. The number of carbonyl (C=O) groups is 1. The van der Waals surface area contributed by atoms with E-state index in [1.54, 1.807) is 0 Å². The van der Waals surface area contributed by atoms with Crippen molar-refractivity contribution in [2.24, 2.45) is 0 Å². The molecule has 1 N–H and O–H groups in total. The van der Waals surface area contributed by atoms with Gasteiger partial charge in [0.15, 0.2) is 5.78 Å². The van der Waals surface area contributed by atoms with E-state index in [1.807, 2.05) is 30.3 Å². The lowest BCUT2D eigenvalue weighted by Gasteiger charge is -2.28. The second-order valence-corrected chi connectivity index (χ2v) is 5.70. The number of hydrogen-bond acceptors (Lipinski definition) is 2. The maximum atomic E-state index is 12.7. The molecular formula is C18H19NO. The van der Waals surface area contributed by atoms with E-state index in [1.165, 1.54) is 0 Å². The Morgan fingerprint density at radius 3 is 2.45 bits per heavy atom. The Morgan fingerprint density at radius 2 is 1.70 bits per heavy atom. The summed E-state index contributed by atoms with van der Waals surface area (Å²) < 4.78 is 0. The molecule has 0 saturated carbocycles. The lowest BCUT2D eigenvalue weighted by atomic mass is 9.77. The van der Waals surface area contributed by atoms with Crippen LogP contribution in [0.4, 0.5) is 5.69 Å². The van der Waals surface area contributed by atoms with E-state index in [2.05, 4.69) is 38.2 Å². The normalized spacial score (nSPS) is 16.8. The fraction of sp³-hybridized carbons (Fsp3) is 0.278. The van der Waals surface area contributed by atoms with Crippen LogP contribution in [-0.2, 0) is 0 Å². The van der Waals surface area contributed by atoms with Crippen molar-refractivity contribution in [1.29, 1.82) is 0 Å². The zero-order valence-corrected chi connectivity index (χ0v) is 12.1. The number of anilines is 1. The molecule has 102 valence electrons. The monoisotopic (exact) mass is 265 g/mol. The Hall–Kier alpha value is -2.09. The van der Waals surface area contributed by atoms with Crippen LogP contribution in [0.25, 0.3) is 0 Å². The molecule has 0 radical (unpaired) electrons. The van der Waals surface area contributed by atoms with Gasteiger partial charge in [-0.25, -0.2) is 0 Å². The van der Waals surface area contributed by atoms with E-state index in [9.17, 15) is 4.79 Å². The van der Waals surface area contributed by atoms with Gasteiger partial charge in [0.1, 0.15) is 0 Å². The van der Waals surface area contributed by atoms with Crippen molar-refractivity contribution in [3.05, 3.63) is 64.7 Å². The highest BCUT2D eigenvalue weighted by atomic mass is 16.1. The van der Waals surface area contributed by atoms with Crippen LogP contribution in [0.3, 0.4) is 0 Å². The summed E-state index contributed by atoms with van der Waals surface area (Å²) in [5.41, 5.74) is 5.01. The van der Waals surface area contributed by atoms with E-state index >= 15 is 0 Å². The van der Waals surface area contributed by atoms with Crippen LogP contribution in [0, 0.1) is 0 Å². The predicted molar refractivity (Wildman–Crippen MR) is 82.6 cm³/mol. The molecule has 0 aromatic heterocycles. The highest BCUT2D eigenvalue weighted by Gasteiger charge is 2.29. The highest BCUT2D eigenvalue weighted by Crippen LogP contribution is 2.40. The van der Waals surface area contributed by atoms with Gasteiger partial charge in [0.25, 0.3) is 0 Å². The molecule has 3 rings (SSSR count). The van der Waals surface area contributed by atoms with Gasteiger partial charge in [-0.3, -0.25) is 4.79 Å². The summed E-state index contributed by atoms with van der Waals surface area (Å²) >= 11 is 0. The summed E-state index contributed by atoms with van der Waals surface area (Å²) in [7, 11) is 0. The SMILES string of the molecule is CC(C)Nc1cccc2c1C(C)c1ccccc1C2=O. The topological polar surface area (TPSA) is 29.1 Å². The molecule has 2 aromatic carbocycles. The second-order valence-electron chi connectivity index (χ2n) is 5.70. The van der Waals surface area contributed by atoms with E-state index in [0.29, 0.717) is 6.04 Å². The largest absolute Gasteiger partial charge is 0.383 e. The Labute approximate surface area is 119 Å². The van der Waals surface area contributed by atoms with Gasteiger partial charge in [-0.1, -0.05) is 43.3 Å². The maximum Gasteiger partial charge on any atom is 0.193 e. The summed E-state index contributed by atoms with van der Waals surface area (Å²) in [6.07, 6.45) is 0. The summed E-state index contributed by atoms with van der Waals surface area (Å²) in [6.45, 7) is 6.40. The first-order valence-electron chi connectivity index (χ1n) is 7.12. The maximum absolute atomic E-state index is 12.7. The summed E-state index contributed by atoms with van der Waals surface area (Å²) in [4.78, 5) is 12.7. The number of fused-ring (bicyclic) bond motifs is 2. The van der Waals surface area contributed by atoms with Crippen LogP contribution in [0.5, 0.6) is 0 Å².